The summed E-state index contributed by atoms with van der Waals surface area (Å²) in [5.41, 5.74) is 0. The van der Waals surface area contributed by atoms with E-state index in [4.69, 9.17) is 0 Å². The van der Waals surface area contributed by atoms with Gasteiger partial charge in [-0.3, -0.25) is 0 Å². The van der Waals surface area contributed by atoms with Crippen LogP contribution in [0.15, 0.2) is 25.9 Å². The minimum absolute atomic E-state index is 0.308. The van der Waals surface area contributed by atoms with Crippen LogP contribution < -0.4 is 0 Å². The molecule has 3 aromatic heterocycles. The number of aromatic nitrogens is 7. The van der Waals surface area contributed by atoms with E-state index in [9.17, 15) is 30.6 Å². The van der Waals surface area contributed by atoms with Crippen molar-refractivity contribution in [1.29, 1.82) is 0 Å². The predicted octanol–water partition coefficient (Wildman–Crippen LogP) is -0.157. The summed E-state index contributed by atoms with van der Waals surface area (Å²) in [6.45, 7) is 0. The van der Waals surface area contributed by atoms with Crippen molar-refractivity contribution in [3.63, 3.8) is 0 Å². The zero-order chi connectivity index (χ0) is 19.6. The zero-order valence-electron chi connectivity index (χ0n) is 12.2. The molecule has 0 spiro atoms. The molecule has 21 nitrogen and oxygen atoms in total. The molecule has 3 aromatic rings. The fourth-order valence-corrected chi connectivity index (χ4v) is 1.41. The molecule has 21 heteroatoms. The molecule has 0 unspecified atom stereocenters. The quantitative estimate of drug-likeness (QED) is 0.231. The molecule has 0 atom stereocenters. The van der Waals surface area contributed by atoms with Crippen LogP contribution in [0.25, 0.3) is 0 Å². The van der Waals surface area contributed by atoms with Crippen LogP contribution in [0.2, 0.25) is 0 Å². The van der Waals surface area contributed by atoms with E-state index in [0.717, 1.165) is 6.33 Å². The molecule has 0 aliphatic heterocycles. The number of azo groups is 1. The Balaban J connectivity index is 1.93. The molecule has 3 rings (SSSR count). The molecule has 0 aliphatic carbocycles. The van der Waals surface area contributed by atoms with Crippen molar-refractivity contribution in [2.75, 3.05) is 0 Å². The number of rotatable bonds is 6. The van der Waals surface area contributed by atoms with Crippen LogP contribution in [0.5, 0.6) is 0 Å². The molecular formula is C6HN13O8. The van der Waals surface area contributed by atoms with Crippen LogP contribution in [-0.4, -0.2) is 55.1 Å². The van der Waals surface area contributed by atoms with Crippen molar-refractivity contribution in [3.05, 3.63) is 37.0 Å². The highest BCUT2D eigenvalue weighted by molar-refractivity contribution is 5.42. The molecule has 0 bridgehead atoms. The highest BCUT2D eigenvalue weighted by Gasteiger charge is 2.34. The van der Waals surface area contributed by atoms with E-state index in [1.165, 1.54) is 0 Å². The summed E-state index contributed by atoms with van der Waals surface area (Å²) in [5, 5.41) is 66.6. The molecule has 0 N–H and O–H groups in total. The van der Waals surface area contributed by atoms with Gasteiger partial charge in [0.1, 0.15) is 10.3 Å². The molecule has 0 aliphatic rings. The van der Waals surface area contributed by atoms with Gasteiger partial charge in [0, 0.05) is 0 Å². The average Bonchev–Trinajstić information content (AvgIpc) is 3.34. The number of hydrogen-bond acceptors (Lipinski definition) is 16. The van der Waals surface area contributed by atoms with E-state index in [0.29, 0.717) is 4.79 Å². The third-order valence-corrected chi connectivity index (χ3v) is 2.43. The van der Waals surface area contributed by atoms with Gasteiger partial charge >= 0.3 is 29.2 Å². The van der Waals surface area contributed by atoms with Crippen molar-refractivity contribution in [2.24, 2.45) is 10.3 Å². The molecule has 0 radical (unpaired) electrons. The second-order valence-corrected chi connectivity index (χ2v) is 4.04. The Morgan fingerprint density at radius 1 is 0.889 bits per heavy atom. The van der Waals surface area contributed by atoms with Gasteiger partial charge in [0.25, 0.3) is 6.33 Å². The molecule has 0 saturated heterocycles. The lowest BCUT2D eigenvalue weighted by atomic mass is 10.6. The maximum atomic E-state index is 11.9. The summed E-state index contributed by atoms with van der Waals surface area (Å²) in [6.07, 6.45) is 0.734. The zero-order valence-corrected chi connectivity index (χ0v) is 12.2. The van der Waals surface area contributed by atoms with Gasteiger partial charge in [0.2, 0.25) is 10.3 Å². The standard InChI is InChI=1S/C6HN13O8/c20-16(4-5(18(22)23)13-27-12-4)8-2-3(11-26-10-2)17(21)14-15-1-7-6(9-15)19(24)25/h1H. The van der Waals surface area contributed by atoms with Crippen LogP contribution in [0.3, 0.4) is 0 Å². The normalized spacial score (nSPS) is 12.3. The van der Waals surface area contributed by atoms with Gasteiger partial charge in [-0.1, -0.05) is 0 Å². The smallest absolute Gasteiger partial charge is 0.515 e. The lowest BCUT2D eigenvalue weighted by Crippen LogP contribution is -2.01. The first kappa shape index (κ1) is 16.9. The van der Waals surface area contributed by atoms with Gasteiger partial charge in [-0.15, -0.1) is 9.72 Å². The van der Waals surface area contributed by atoms with E-state index >= 15 is 0 Å². The second-order valence-electron chi connectivity index (χ2n) is 4.04. The first-order valence-corrected chi connectivity index (χ1v) is 6.10. The first-order valence-electron chi connectivity index (χ1n) is 6.10. The highest BCUT2D eigenvalue weighted by Crippen LogP contribution is 2.27. The van der Waals surface area contributed by atoms with Gasteiger partial charge < -0.3 is 30.6 Å². The predicted molar refractivity (Wildman–Crippen MR) is 68.4 cm³/mol. The largest absolute Gasteiger partial charge is 0.721 e. The van der Waals surface area contributed by atoms with E-state index in [1.54, 1.807) is 0 Å². The number of hydrogen-bond donors (Lipinski definition) is 0. The van der Waals surface area contributed by atoms with E-state index < -0.39 is 43.9 Å². The van der Waals surface area contributed by atoms with Gasteiger partial charge in [0.05, 0.1) is 10.0 Å². The van der Waals surface area contributed by atoms with Crippen LogP contribution in [-0.2, 0) is 0 Å². The highest BCUT2D eigenvalue weighted by atomic mass is 16.6. The lowest BCUT2D eigenvalue weighted by Gasteiger charge is -2.00. The maximum Gasteiger partial charge on any atom is 0.515 e. The van der Waals surface area contributed by atoms with Crippen LogP contribution in [0, 0.1) is 30.6 Å². The minimum Gasteiger partial charge on any atom is -0.721 e. The Bertz CT molecular complexity index is 1070. The topological polar surface area (TPSA) is 272 Å². The summed E-state index contributed by atoms with van der Waals surface area (Å²) < 4.78 is 8.29. The summed E-state index contributed by atoms with van der Waals surface area (Å²) in [4.78, 5) is 22.1. The third kappa shape index (κ3) is 3.30. The van der Waals surface area contributed by atoms with Crippen LogP contribution in [0.4, 0.5) is 29.2 Å². The van der Waals surface area contributed by atoms with Crippen molar-refractivity contribution in [3.8, 4) is 0 Å². The summed E-state index contributed by atoms with van der Waals surface area (Å²) in [7, 11) is 0. The Labute approximate surface area is 142 Å². The van der Waals surface area contributed by atoms with Crippen LogP contribution >= 0.6 is 0 Å². The van der Waals surface area contributed by atoms with E-state index in [1.807, 2.05) is 0 Å². The molecule has 0 amide bonds. The summed E-state index contributed by atoms with van der Waals surface area (Å²) in [6, 6.07) is 0. The molecule has 0 aromatic carbocycles. The lowest BCUT2D eigenvalue weighted by molar-refractivity contribution is -0.465. The average molecular weight is 383 g/mol. The van der Waals surface area contributed by atoms with E-state index in [2.05, 4.69) is 50.3 Å². The fraction of sp³-hybridized carbons (Fsp3) is 0. The van der Waals surface area contributed by atoms with Crippen molar-refractivity contribution < 1.29 is 28.8 Å². The molecular weight excluding hydrogens is 382 g/mol. The van der Waals surface area contributed by atoms with Gasteiger partial charge in [0.15, 0.2) is 0 Å². The fourth-order valence-electron chi connectivity index (χ4n) is 1.41. The molecule has 0 saturated carbocycles. The Morgan fingerprint density at radius 3 is 2.22 bits per heavy atom. The third-order valence-electron chi connectivity index (χ3n) is 2.43. The molecule has 138 valence electrons. The van der Waals surface area contributed by atoms with E-state index in [-0.39, 0.29) is 4.86 Å². The molecule has 27 heavy (non-hydrogen) atoms. The summed E-state index contributed by atoms with van der Waals surface area (Å²) >= 11 is 0. The van der Waals surface area contributed by atoms with Crippen molar-refractivity contribution in [1.82, 2.24) is 35.5 Å². The van der Waals surface area contributed by atoms with Crippen LogP contribution in [0.1, 0.15) is 0 Å². The molecule has 0 fully saturated rings. The number of nitro groups is 2. The summed E-state index contributed by atoms with van der Waals surface area (Å²) in [5.74, 6) is -4.41. The SMILES string of the molecule is O=[N+]([O-])c1ncn(N=[N+]([O-])c2nonc2N=[N+]([O-])c2nonc2[N+](=O)[O-])n1. The van der Waals surface area contributed by atoms with Gasteiger partial charge in [-0.2, -0.15) is 4.63 Å². The molecule has 3 heterocycles. The maximum absolute atomic E-state index is 11.9. The second kappa shape index (κ2) is 6.49. The number of nitrogens with zero attached hydrogens (tertiary/aromatic N) is 13. The Morgan fingerprint density at radius 2 is 1.56 bits per heavy atom. The van der Waals surface area contributed by atoms with Crippen molar-refractivity contribution in [2.45, 2.75) is 0 Å². The minimum atomic E-state index is -1.07. The van der Waals surface area contributed by atoms with Crippen molar-refractivity contribution >= 4 is 29.2 Å². The van der Waals surface area contributed by atoms with Gasteiger partial charge in [-0.25, -0.2) is 0 Å². The monoisotopic (exact) mass is 383 g/mol. The Kier molecular flexibility index (Phi) is 4.06. The first-order chi connectivity index (χ1) is 12.9. The Hall–Kier alpha value is -4.98. The van der Waals surface area contributed by atoms with Gasteiger partial charge in [-0.05, 0) is 29.7 Å².